The van der Waals surface area contributed by atoms with Gasteiger partial charge in [0.25, 0.3) is 0 Å². The predicted octanol–water partition coefficient (Wildman–Crippen LogP) is 2.68. The Labute approximate surface area is 150 Å². The minimum Gasteiger partial charge on any atom is -0.459 e. The summed E-state index contributed by atoms with van der Waals surface area (Å²) in [7, 11) is 0. The molecule has 2 aromatic carbocycles. The van der Waals surface area contributed by atoms with Crippen LogP contribution in [0.3, 0.4) is 0 Å². The third kappa shape index (κ3) is 4.89. The molecule has 0 N–H and O–H groups in total. The van der Waals surface area contributed by atoms with Crippen molar-refractivity contribution in [2.75, 3.05) is 13.2 Å². The standard InChI is InChI=1S/C20H15NO5/c1-2-18(22)25-11-12-26-20(24)17-9-7-16(8-10-17)19(23)15-5-3-14(13-21)4-6-15/h2-10H,1,11-12H2. The number of esters is 2. The Bertz CT molecular complexity index is 861. The minimum absolute atomic E-state index is 0.0636. The van der Waals surface area contributed by atoms with Gasteiger partial charge in [0.2, 0.25) is 0 Å². The van der Waals surface area contributed by atoms with E-state index < -0.39 is 11.9 Å². The van der Waals surface area contributed by atoms with Gasteiger partial charge in [-0.15, -0.1) is 0 Å². The monoisotopic (exact) mass is 349 g/mol. The summed E-state index contributed by atoms with van der Waals surface area (Å²) in [5.41, 5.74) is 1.60. The Hall–Kier alpha value is -3.72. The topological polar surface area (TPSA) is 93.5 Å². The molecule has 6 heteroatoms. The number of benzene rings is 2. The summed E-state index contributed by atoms with van der Waals surface area (Å²) < 4.78 is 9.66. The average Bonchev–Trinajstić information content (AvgIpc) is 2.70. The summed E-state index contributed by atoms with van der Waals surface area (Å²) in [5, 5.41) is 8.78. The van der Waals surface area contributed by atoms with Gasteiger partial charge in [0.1, 0.15) is 13.2 Å². The number of carbonyl (C=O) groups is 3. The van der Waals surface area contributed by atoms with Gasteiger partial charge in [-0.3, -0.25) is 4.79 Å². The molecule has 0 aliphatic rings. The normalized spacial score (nSPS) is 9.65. The van der Waals surface area contributed by atoms with Crippen molar-refractivity contribution in [1.82, 2.24) is 0 Å². The maximum Gasteiger partial charge on any atom is 0.338 e. The Kier molecular flexibility index (Phi) is 6.40. The molecule has 0 amide bonds. The molecule has 26 heavy (non-hydrogen) atoms. The molecule has 0 saturated carbocycles. The van der Waals surface area contributed by atoms with E-state index in [1.807, 2.05) is 6.07 Å². The van der Waals surface area contributed by atoms with Crippen LogP contribution >= 0.6 is 0 Å². The quantitative estimate of drug-likeness (QED) is 0.330. The highest BCUT2D eigenvalue weighted by atomic mass is 16.6. The highest BCUT2D eigenvalue weighted by molar-refractivity contribution is 6.09. The molecule has 6 nitrogen and oxygen atoms in total. The van der Waals surface area contributed by atoms with Gasteiger partial charge in [-0.2, -0.15) is 5.26 Å². The Balaban J connectivity index is 1.95. The second-order valence-corrected chi connectivity index (χ2v) is 5.10. The first kappa shape index (κ1) is 18.6. The van der Waals surface area contributed by atoms with E-state index in [2.05, 4.69) is 6.58 Å². The highest BCUT2D eigenvalue weighted by Crippen LogP contribution is 2.13. The van der Waals surface area contributed by atoms with Crippen molar-refractivity contribution < 1.29 is 23.9 Å². The number of rotatable bonds is 7. The first-order valence-electron chi connectivity index (χ1n) is 7.66. The van der Waals surface area contributed by atoms with Crippen LogP contribution in [0, 0.1) is 11.3 Å². The molecule has 0 unspecified atom stereocenters. The third-order valence-corrected chi connectivity index (χ3v) is 3.39. The number of carbonyl (C=O) groups excluding carboxylic acids is 3. The fraction of sp³-hybridized carbons (Fsp3) is 0.100. The third-order valence-electron chi connectivity index (χ3n) is 3.39. The lowest BCUT2D eigenvalue weighted by atomic mass is 10.0. The first-order chi connectivity index (χ1) is 12.5. The molecule has 0 aromatic heterocycles. The van der Waals surface area contributed by atoms with Gasteiger partial charge >= 0.3 is 11.9 Å². The average molecular weight is 349 g/mol. The number of nitrogens with zero attached hydrogens (tertiary/aromatic N) is 1. The van der Waals surface area contributed by atoms with E-state index in [1.165, 1.54) is 24.3 Å². The zero-order valence-corrected chi connectivity index (χ0v) is 13.8. The zero-order chi connectivity index (χ0) is 18.9. The van der Waals surface area contributed by atoms with E-state index in [0.717, 1.165) is 6.08 Å². The molecule has 0 bridgehead atoms. The lowest BCUT2D eigenvalue weighted by Gasteiger charge is -2.06. The molecule has 2 aromatic rings. The molecule has 0 radical (unpaired) electrons. The van der Waals surface area contributed by atoms with Crippen LogP contribution in [0.4, 0.5) is 0 Å². The second kappa shape index (κ2) is 8.94. The van der Waals surface area contributed by atoms with Crippen LogP contribution in [0.25, 0.3) is 0 Å². The van der Waals surface area contributed by atoms with Gasteiger partial charge in [-0.25, -0.2) is 9.59 Å². The largest absolute Gasteiger partial charge is 0.459 e. The summed E-state index contributed by atoms with van der Waals surface area (Å²) in [6.45, 7) is 3.11. The molecule has 0 heterocycles. The number of hydrogen-bond donors (Lipinski definition) is 0. The summed E-state index contributed by atoms with van der Waals surface area (Å²) in [5.74, 6) is -1.39. The van der Waals surface area contributed by atoms with Crippen LogP contribution in [0.1, 0.15) is 31.8 Å². The van der Waals surface area contributed by atoms with Crippen LogP contribution in [0.5, 0.6) is 0 Å². The van der Waals surface area contributed by atoms with Gasteiger partial charge in [-0.05, 0) is 36.4 Å². The van der Waals surface area contributed by atoms with E-state index in [1.54, 1.807) is 24.3 Å². The summed E-state index contributed by atoms with van der Waals surface area (Å²) in [6.07, 6.45) is 1.02. The van der Waals surface area contributed by atoms with Crippen LogP contribution in [-0.2, 0) is 14.3 Å². The molecule has 0 saturated heterocycles. The Morgan fingerprint density at radius 2 is 1.38 bits per heavy atom. The Morgan fingerprint density at radius 1 is 0.885 bits per heavy atom. The van der Waals surface area contributed by atoms with Gasteiger partial charge < -0.3 is 9.47 Å². The molecule has 130 valence electrons. The smallest absolute Gasteiger partial charge is 0.338 e. The van der Waals surface area contributed by atoms with E-state index in [9.17, 15) is 14.4 Å². The van der Waals surface area contributed by atoms with Gasteiger partial charge in [0, 0.05) is 17.2 Å². The minimum atomic E-state index is -0.591. The lowest BCUT2D eigenvalue weighted by Crippen LogP contribution is -2.13. The van der Waals surface area contributed by atoms with Crippen molar-refractivity contribution in [3.05, 3.63) is 83.4 Å². The van der Waals surface area contributed by atoms with Crippen LogP contribution in [-0.4, -0.2) is 30.9 Å². The van der Waals surface area contributed by atoms with E-state index in [-0.39, 0.29) is 24.6 Å². The first-order valence-corrected chi connectivity index (χ1v) is 7.66. The number of nitriles is 1. The molecular formula is C20H15NO5. The maximum atomic E-state index is 12.4. The van der Waals surface area contributed by atoms with Crippen LogP contribution in [0.2, 0.25) is 0 Å². The van der Waals surface area contributed by atoms with Gasteiger partial charge in [0.05, 0.1) is 17.2 Å². The van der Waals surface area contributed by atoms with Crippen molar-refractivity contribution in [2.45, 2.75) is 0 Å². The number of ether oxygens (including phenoxy) is 2. The lowest BCUT2D eigenvalue weighted by molar-refractivity contribution is -0.138. The zero-order valence-electron chi connectivity index (χ0n) is 13.8. The molecule has 2 rings (SSSR count). The fourth-order valence-electron chi connectivity index (χ4n) is 2.04. The van der Waals surface area contributed by atoms with Crippen LogP contribution < -0.4 is 0 Å². The molecule has 0 atom stereocenters. The van der Waals surface area contributed by atoms with Gasteiger partial charge in [-0.1, -0.05) is 18.7 Å². The number of ketones is 1. The molecule has 0 aliphatic carbocycles. The second-order valence-electron chi connectivity index (χ2n) is 5.10. The van der Waals surface area contributed by atoms with Crippen molar-refractivity contribution >= 4 is 17.7 Å². The van der Waals surface area contributed by atoms with E-state index in [0.29, 0.717) is 16.7 Å². The highest BCUT2D eigenvalue weighted by Gasteiger charge is 2.12. The summed E-state index contributed by atoms with van der Waals surface area (Å²) >= 11 is 0. The SMILES string of the molecule is C=CC(=O)OCCOC(=O)c1ccc(C(=O)c2ccc(C#N)cc2)cc1. The van der Waals surface area contributed by atoms with Crippen LogP contribution in [0.15, 0.2) is 61.2 Å². The summed E-state index contributed by atoms with van der Waals surface area (Å²) in [6, 6.07) is 14.3. The molecule has 0 aliphatic heterocycles. The maximum absolute atomic E-state index is 12.4. The Morgan fingerprint density at radius 3 is 1.92 bits per heavy atom. The van der Waals surface area contributed by atoms with E-state index >= 15 is 0 Å². The van der Waals surface area contributed by atoms with Crippen molar-refractivity contribution in [3.63, 3.8) is 0 Å². The predicted molar refractivity (Wildman–Crippen MR) is 92.5 cm³/mol. The van der Waals surface area contributed by atoms with Crippen molar-refractivity contribution in [1.29, 1.82) is 5.26 Å². The molecule has 0 fully saturated rings. The van der Waals surface area contributed by atoms with Crippen molar-refractivity contribution in [2.24, 2.45) is 0 Å². The molecular weight excluding hydrogens is 334 g/mol. The van der Waals surface area contributed by atoms with E-state index in [4.69, 9.17) is 14.7 Å². The van der Waals surface area contributed by atoms with Gasteiger partial charge in [0.15, 0.2) is 5.78 Å². The fourth-order valence-corrected chi connectivity index (χ4v) is 2.04. The van der Waals surface area contributed by atoms with Crippen molar-refractivity contribution in [3.8, 4) is 6.07 Å². The molecule has 0 spiro atoms. The number of hydrogen-bond acceptors (Lipinski definition) is 6. The summed E-state index contributed by atoms with van der Waals surface area (Å²) in [4.78, 5) is 35.1.